The summed E-state index contributed by atoms with van der Waals surface area (Å²) in [6, 6.07) is 40.4. The van der Waals surface area contributed by atoms with Gasteiger partial charge >= 0.3 is 0 Å². The number of benzene rings is 5. The summed E-state index contributed by atoms with van der Waals surface area (Å²) in [6.07, 6.45) is 0. The van der Waals surface area contributed by atoms with Gasteiger partial charge in [-0.1, -0.05) is 72.8 Å². The molecular formula is C33H19N3O. The highest BCUT2D eigenvalue weighted by Gasteiger charge is 2.18. The summed E-state index contributed by atoms with van der Waals surface area (Å²) < 4.78 is 6.21. The molecule has 0 N–H and O–H groups in total. The molecule has 2 heterocycles. The van der Waals surface area contributed by atoms with Crippen molar-refractivity contribution in [2.24, 2.45) is 0 Å². The summed E-state index contributed by atoms with van der Waals surface area (Å²) in [4.78, 5) is 10.1. The van der Waals surface area contributed by atoms with Crippen LogP contribution in [0, 0.1) is 11.3 Å². The lowest BCUT2D eigenvalue weighted by Crippen LogP contribution is -1.91. The zero-order valence-corrected chi connectivity index (χ0v) is 19.7. The van der Waals surface area contributed by atoms with Gasteiger partial charge in [-0.25, -0.2) is 9.97 Å². The molecule has 0 radical (unpaired) electrons. The maximum atomic E-state index is 9.17. The molecule has 5 aromatic carbocycles. The number of hydrogen-bond acceptors (Lipinski definition) is 4. The highest BCUT2D eigenvalue weighted by atomic mass is 16.3. The highest BCUT2D eigenvalue weighted by Crippen LogP contribution is 2.39. The van der Waals surface area contributed by atoms with Gasteiger partial charge in [-0.05, 0) is 53.6 Å². The van der Waals surface area contributed by atoms with Gasteiger partial charge in [0.05, 0.1) is 22.8 Å². The zero-order valence-electron chi connectivity index (χ0n) is 19.7. The number of rotatable bonds is 3. The van der Waals surface area contributed by atoms with Gasteiger partial charge in [0.15, 0.2) is 5.58 Å². The third kappa shape index (κ3) is 3.53. The molecule has 0 aliphatic carbocycles. The summed E-state index contributed by atoms with van der Waals surface area (Å²) in [7, 11) is 0. The predicted molar refractivity (Wildman–Crippen MR) is 148 cm³/mol. The SMILES string of the molecule is N#Cc1ccc(-c2ccc3c(c2)nc(-c2ccccc2)c2ccc4oc(-c5ccccc5)nc4c23)cc1. The molecule has 0 saturated heterocycles. The first-order valence-electron chi connectivity index (χ1n) is 12.1. The summed E-state index contributed by atoms with van der Waals surface area (Å²) in [6.45, 7) is 0. The van der Waals surface area contributed by atoms with Crippen LogP contribution in [0.3, 0.4) is 0 Å². The molecule has 172 valence electrons. The second-order valence-electron chi connectivity index (χ2n) is 8.97. The van der Waals surface area contributed by atoms with Gasteiger partial charge in [0.1, 0.15) is 5.52 Å². The van der Waals surface area contributed by atoms with E-state index in [1.54, 1.807) is 0 Å². The molecule has 0 aliphatic rings. The Morgan fingerprint density at radius 2 is 1.27 bits per heavy atom. The summed E-state index contributed by atoms with van der Waals surface area (Å²) in [5.74, 6) is 0.600. The first kappa shape index (κ1) is 21.0. The van der Waals surface area contributed by atoms with E-state index in [-0.39, 0.29) is 0 Å². The number of oxazole rings is 1. The van der Waals surface area contributed by atoms with Crippen LogP contribution in [0.1, 0.15) is 5.56 Å². The molecular weight excluding hydrogens is 454 g/mol. The van der Waals surface area contributed by atoms with E-state index < -0.39 is 0 Å². The van der Waals surface area contributed by atoms with Crippen molar-refractivity contribution in [1.82, 2.24) is 9.97 Å². The Bertz CT molecular complexity index is 1970. The molecule has 0 amide bonds. The molecule has 4 heteroatoms. The quantitative estimate of drug-likeness (QED) is 0.242. The monoisotopic (exact) mass is 473 g/mol. The molecule has 0 saturated carbocycles. The lowest BCUT2D eigenvalue weighted by molar-refractivity contribution is 0.620. The zero-order chi connectivity index (χ0) is 24.8. The molecule has 0 aliphatic heterocycles. The maximum absolute atomic E-state index is 9.17. The molecule has 0 spiro atoms. The molecule has 7 aromatic rings. The van der Waals surface area contributed by atoms with Crippen molar-refractivity contribution in [3.8, 4) is 39.9 Å². The van der Waals surface area contributed by atoms with Crippen LogP contribution in [0.25, 0.3) is 66.6 Å². The van der Waals surface area contributed by atoms with Crippen LogP contribution in [0.4, 0.5) is 0 Å². The number of pyridine rings is 1. The molecule has 0 bridgehead atoms. The van der Waals surface area contributed by atoms with E-state index >= 15 is 0 Å². The highest BCUT2D eigenvalue weighted by molar-refractivity contribution is 6.21. The van der Waals surface area contributed by atoms with Crippen molar-refractivity contribution in [3.05, 3.63) is 121 Å². The first-order chi connectivity index (χ1) is 18.3. The van der Waals surface area contributed by atoms with Gasteiger partial charge in [0.2, 0.25) is 5.89 Å². The van der Waals surface area contributed by atoms with Crippen molar-refractivity contribution in [2.45, 2.75) is 0 Å². The Labute approximate surface area is 213 Å². The van der Waals surface area contributed by atoms with E-state index in [1.165, 1.54) is 0 Å². The Morgan fingerprint density at radius 1 is 0.595 bits per heavy atom. The Hall–Kier alpha value is -5.27. The van der Waals surface area contributed by atoms with Gasteiger partial charge in [-0.15, -0.1) is 0 Å². The number of nitrogens with zero attached hydrogens (tertiary/aromatic N) is 3. The topological polar surface area (TPSA) is 62.7 Å². The van der Waals surface area contributed by atoms with E-state index in [9.17, 15) is 0 Å². The number of fused-ring (bicyclic) bond motifs is 5. The van der Waals surface area contributed by atoms with Crippen LogP contribution in [0.2, 0.25) is 0 Å². The van der Waals surface area contributed by atoms with Gasteiger partial charge in [-0.3, -0.25) is 0 Å². The van der Waals surface area contributed by atoms with Crippen LogP contribution in [0.5, 0.6) is 0 Å². The van der Waals surface area contributed by atoms with Gasteiger partial charge < -0.3 is 4.42 Å². The van der Waals surface area contributed by atoms with Crippen LogP contribution in [0.15, 0.2) is 120 Å². The summed E-state index contributed by atoms with van der Waals surface area (Å²) in [5.41, 5.74) is 8.07. The molecule has 4 nitrogen and oxygen atoms in total. The smallest absolute Gasteiger partial charge is 0.227 e. The average molecular weight is 474 g/mol. The number of nitriles is 1. The van der Waals surface area contributed by atoms with Crippen molar-refractivity contribution >= 4 is 32.8 Å². The minimum absolute atomic E-state index is 0.600. The minimum atomic E-state index is 0.600. The van der Waals surface area contributed by atoms with Crippen LogP contribution in [-0.4, -0.2) is 9.97 Å². The standard InChI is InChI=1S/C33H19N3O/c34-20-21-11-13-22(14-12-21)25-15-16-26-28(19-25)35-31(23-7-3-1-4-8-23)27-17-18-29-32(30(26)27)36-33(37-29)24-9-5-2-6-10-24/h1-19H. The Balaban J connectivity index is 1.54. The predicted octanol–water partition coefficient (Wildman–Crippen LogP) is 8.40. The molecule has 7 rings (SSSR count). The number of aromatic nitrogens is 2. The molecule has 0 fully saturated rings. The fourth-order valence-electron chi connectivity index (χ4n) is 4.92. The summed E-state index contributed by atoms with van der Waals surface area (Å²) in [5, 5.41) is 12.2. The Kier molecular flexibility index (Phi) is 4.80. The fraction of sp³-hybridized carbons (Fsp3) is 0. The van der Waals surface area contributed by atoms with E-state index in [0.29, 0.717) is 11.5 Å². The van der Waals surface area contributed by atoms with E-state index in [0.717, 1.165) is 60.7 Å². The third-order valence-electron chi connectivity index (χ3n) is 6.73. The van der Waals surface area contributed by atoms with Gasteiger partial charge in [0.25, 0.3) is 0 Å². The normalized spacial score (nSPS) is 11.2. The van der Waals surface area contributed by atoms with Crippen molar-refractivity contribution in [3.63, 3.8) is 0 Å². The maximum Gasteiger partial charge on any atom is 0.227 e. The van der Waals surface area contributed by atoms with E-state index in [1.807, 2.05) is 78.9 Å². The van der Waals surface area contributed by atoms with Crippen molar-refractivity contribution in [2.75, 3.05) is 0 Å². The van der Waals surface area contributed by atoms with Crippen LogP contribution < -0.4 is 0 Å². The number of hydrogen-bond donors (Lipinski definition) is 0. The minimum Gasteiger partial charge on any atom is -0.436 e. The second-order valence-corrected chi connectivity index (χ2v) is 8.97. The van der Waals surface area contributed by atoms with Crippen LogP contribution >= 0.6 is 0 Å². The molecule has 37 heavy (non-hydrogen) atoms. The van der Waals surface area contributed by atoms with E-state index in [2.05, 4.69) is 42.5 Å². The van der Waals surface area contributed by atoms with Gasteiger partial charge in [-0.2, -0.15) is 5.26 Å². The first-order valence-corrected chi connectivity index (χ1v) is 12.1. The molecule has 0 atom stereocenters. The Morgan fingerprint density at radius 3 is 2.00 bits per heavy atom. The second kappa shape index (κ2) is 8.44. The summed E-state index contributed by atoms with van der Waals surface area (Å²) >= 11 is 0. The third-order valence-corrected chi connectivity index (χ3v) is 6.73. The van der Waals surface area contributed by atoms with E-state index in [4.69, 9.17) is 19.6 Å². The lowest BCUT2D eigenvalue weighted by atomic mass is 9.96. The lowest BCUT2D eigenvalue weighted by Gasteiger charge is -2.12. The molecule has 2 aromatic heterocycles. The van der Waals surface area contributed by atoms with Gasteiger partial charge in [0, 0.05) is 27.3 Å². The molecule has 0 unspecified atom stereocenters. The largest absolute Gasteiger partial charge is 0.436 e. The van der Waals surface area contributed by atoms with Crippen molar-refractivity contribution in [1.29, 1.82) is 5.26 Å². The van der Waals surface area contributed by atoms with Crippen LogP contribution in [-0.2, 0) is 0 Å². The van der Waals surface area contributed by atoms with Crippen molar-refractivity contribution < 1.29 is 4.42 Å². The average Bonchev–Trinajstić information content (AvgIpc) is 3.42. The fourth-order valence-corrected chi connectivity index (χ4v) is 4.92.